The van der Waals surface area contributed by atoms with Gasteiger partial charge >= 0.3 is 11.9 Å². The molecule has 0 saturated heterocycles. The predicted octanol–water partition coefficient (Wildman–Crippen LogP) is 8.36. The molecule has 8 nitrogen and oxygen atoms in total. The molecule has 0 spiro atoms. The van der Waals surface area contributed by atoms with E-state index in [0.29, 0.717) is 35.9 Å². The van der Waals surface area contributed by atoms with Gasteiger partial charge in [0.1, 0.15) is 24.7 Å². The Bertz CT molecular complexity index is 1450. The third-order valence-corrected chi connectivity index (χ3v) is 7.90. The van der Waals surface area contributed by atoms with Crippen LogP contribution in [-0.2, 0) is 28.5 Å². The first-order chi connectivity index (χ1) is 22.7. The van der Waals surface area contributed by atoms with Crippen LogP contribution in [-0.4, -0.2) is 63.8 Å². The van der Waals surface area contributed by atoms with Crippen molar-refractivity contribution < 1.29 is 38.0 Å². The number of benzene rings is 3. The Kier molecular flexibility index (Phi) is 16.4. The zero-order valence-corrected chi connectivity index (χ0v) is 28.9. The first kappa shape index (κ1) is 37.7. The summed E-state index contributed by atoms with van der Waals surface area (Å²) in [5, 5.41) is 1.63. The molecule has 0 aliphatic carbocycles. The van der Waals surface area contributed by atoms with Gasteiger partial charge in [0.2, 0.25) is 0 Å². The van der Waals surface area contributed by atoms with Gasteiger partial charge in [-0.2, -0.15) is 0 Å². The molecule has 0 N–H and O–H groups in total. The normalized spacial score (nSPS) is 12.3. The number of unbranched alkanes of at least 4 members (excludes halogenated alkanes) is 2. The second-order valence-corrected chi connectivity index (χ2v) is 12.4. The van der Waals surface area contributed by atoms with Gasteiger partial charge in [0, 0.05) is 40.0 Å². The van der Waals surface area contributed by atoms with Gasteiger partial charge in [-0.15, -0.1) is 0 Å². The minimum atomic E-state index is -0.642. The van der Waals surface area contributed by atoms with Crippen LogP contribution in [0.5, 0.6) is 11.5 Å². The minimum absolute atomic E-state index is 0.0751. The Morgan fingerprint density at radius 3 is 1.74 bits per heavy atom. The van der Waals surface area contributed by atoms with Gasteiger partial charge in [0.15, 0.2) is 12.2 Å². The zero-order chi connectivity index (χ0) is 34.0. The number of fused-ring (bicyclic) bond motifs is 1. The molecule has 3 aromatic rings. The molecule has 47 heavy (non-hydrogen) atoms. The number of rotatable bonds is 22. The Balaban J connectivity index is 1.95. The lowest BCUT2D eigenvalue weighted by molar-refractivity contribution is -0.150. The molecular weight excluding hydrogens is 616 g/mol. The van der Waals surface area contributed by atoms with E-state index in [1.165, 1.54) is 11.8 Å². The van der Waals surface area contributed by atoms with Crippen LogP contribution in [0, 0.1) is 0 Å². The first-order valence-electron chi connectivity index (χ1n) is 16.2. The van der Waals surface area contributed by atoms with E-state index in [1.54, 1.807) is 13.8 Å². The van der Waals surface area contributed by atoms with Crippen LogP contribution in [0.2, 0.25) is 0 Å². The average molecular weight is 665 g/mol. The SMILES string of the molecule is C=C(C)C(=O)OC(COCCCC)COc1cc(Sc2ccccc2)c(OCC(COCCCC)OC(=O)C(=C)C)c2ccccc12. The van der Waals surface area contributed by atoms with Crippen molar-refractivity contribution in [2.24, 2.45) is 0 Å². The van der Waals surface area contributed by atoms with E-state index in [9.17, 15) is 9.59 Å². The highest BCUT2D eigenvalue weighted by molar-refractivity contribution is 7.99. The molecule has 0 amide bonds. The van der Waals surface area contributed by atoms with Crippen molar-refractivity contribution >= 4 is 34.5 Å². The molecule has 3 rings (SSSR count). The lowest BCUT2D eigenvalue weighted by atomic mass is 10.1. The monoisotopic (exact) mass is 664 g/mol. The molecule has 2 unspecified atom stereocenters. The van der Waals surface area contributed by atoms with Crippen molar-refractivity contribution in [1.82, 2.24) is 0 Å². The van der Waals surface area contributed by atoms with Gasteiger partial charge in [-0.25, -0.2) is 9.59 Å². The highest BCUT2D eigenvalue weighted by Gasteiger charge is 2.22. The van der Waals surface area contributed by atoms with E-state index < -0.39 is 24.1 Å². The van der Waals surface area contributed by atoms with E-state index >= 15 is 0 Å². The third-order valence-electron chi connectivity index (χ3n) is 6.87. The summed E-state index contributed by atoms with van der Waals surface area (Å²) in [5.74, 6) is 0.238. The molecule has 0 fully saturated rings. The fraction of sp³-hybridized carbons (Fsp3) is 0.421. The zero-order valence-electron chi connectivity index (χ0n) is 28.1. The Hall–Kier alpha value is -3.79. The van der Waals surface area contributed by atoms with Crippen molar-refractivity contribution in [1.29, 1.82) is 0 Å². The Labute approximate surface area is 283 Å². The fourth-order valence-corrected chi connectivity index (χ4v) is 5.24. The smallest absolute Gasteiger partial charge is 0.333 e. The second-order valence-electron chi connectivity index (χ2n) is 11.3. The summed E-state index contributed by atoms with van der Waals surface area (Å²) in [6.07, 6.45) is 2.54. The van der Waals surface area contributed by atoms with Gasteiger partial charge in [-0.3, -0.25) is 0 Å². The van der Waals surface area contributed by atoms with Crippen LogP contribution in [0.4, 0.5) is 0 Å². The van der Waals surface area contributed by atoms with Gasteiger partial charge in [-0.05, 0) is 44.9 Å². The van der Waals surface area contributed by atoms with E-state index in [4.69, 9.17) is 28.4 Å². The maximum atomic E-state index is 12.4. The summed E-state index contributed by atoms with van der Waals surface area (Å²) in [6.45, 7) is 16.5. The van der Waals surface area contributed by atoms with Crippen molar-refractivity contribution in [2.45, 2.75) is 75.4 Å². The van der Waals surface area contributed by atoms with E-state index in [-0.39, 0.29) is 26.4 Å². The van der Waals surface area contributed by atoms with Crippen molar-refractivity contribution in [3.8, 4) is 11.5 Å². The average Bonchev–Trinajstić information content (AvgIpc) is 3.06. The summed E-state index contributed by atoms with van der Waals surface area (Å²) in [6, 6.07) is 19.6. The minimum Gasteiger partial charge on any atom is -0.489 e. The van der Waals surface area contributed by atoms with E-state index in [0.717, 1.165) is 46.2 Å². The number of carbonyl (C=O) groups excluding carboxylic acids is 2. The van der Waals surface area contributed by atoms with Crippen molar-refractivity contribution in [3.63, 3.8) is 0 Å². The van der Waals surface area contributed by atoms with Crippen molar-refractivity contribution in [2.75, 3.05) is 39.6 Å². The first-order valence-corrected chi connectivity index (χ1v) is 17.0. The second kappa shape index (κ2) is 20.4. The molecular formula is C38H48O8S. The van der Waals surface area contributed by atoms with Crippen LogP contribution in [0.3, 0.4) is 0 Å². The predicted molar refractivity (Wildman–Crippen MR) is 186 cm³/mol. The Morgan fingerprint density at radius 1 is 0.702 bits per heavy atom. The summed E-state index contributed by atoms with van der Waals surface area (Å²) in [7, 11) is 0. The summed E-state index contributed by atoms with van der Waals surface area (Å²) >= 11 is 1.53. The van der Waals surface area contributed by atoms with Crippen LogP contribution in [0.1, 0.15) is 53.4 Å². The molecule has 0 saturated carbocycles. The number of hydrogen-bond donors (Lipinski definition) is 0. The maximum absolute atomic E-state index is 12.4. The largest absolute Gasteiger partial charge is 0.489 e. The molecule has 0 heterocycles. The number of ether oxygens (including phenoxy) is 6. The number of esters is 2. The lowest BCUT2D eigenvalue weighted by Crippen LogP contribution is -2.30. The third kappa shape index (κ3) is 12.7. The molecule has 0 aliphatic rings. The number of hydrogen-bond acceptors (Lipinski definition) is 9. The molecule has 0 aromatic heterocycles. The quantitative estimate of drug-likeness (QED) is 0.0597. The summed E-state index contributed by atoms with van der Waals surface area (Å²) in [4.78, 5) is 26.7. The molecule has 254 valence electrons. The topological polar surface area (TPSA) is 89.5 Å². The van der Waals surface area contributed by atoms with Crippen LogP contribution < -0.4 is 9.47 Å². The standard InChI is InChI=1S/C38H48O8S/c1-7-9-20-41-23-29(45-37(39)27(3)4)25-43-34-22-35(47-31-16-12-11-13-17-31)36(33-19-15-14-18-32(33)34)44-26-30(24-42-21-10-8-2)46-38(40)28(5)6/h11-19,22,29-30H,3,5,7-10,20-21,23-26H2,1-2,4,6H3. The van der Waals surface area contributed by atoms with Gasteiger partial charge in [0.25, 0.3) is 0 Å². The number of carbonyl (C=O) groups is 2. The lowest BCUT2D eigenvalue weighted by Gasteiger charge is -2.23. The summed E-state index contributed by atoms with van der Waals surface area (Å²) < 4.78 is 35.8. The van der Waals surface area contributed by atoms with E-state index in [2.05, 4.69) is 27.0 Å². The van der Waals surface area contributed by atoms with Gasteiger partial charge in [0.05, 0.1) is 18.1 Å². The maximum Gasteiger partial charge on any atom is 0.333 e. The van der Waals surface area contributed by atoms with Gasteiger partial charge in [-0.1, -0.05) is 94.1 Å². The molecule has 0 radical (unpaired) electrons. The molecule has 0 aliphatic heterocycles. The molecule has 3 aromatic carbocycles. The van der Waals surface area contributed by atoms with Crippen LogP contribution >= 0.6 is 11.8 Å². The van der Waals surface area contributed by atoms with E-state index in [1.807, 2.05) is 60.7 Å². The van der Waals surface area contributed by atoms with Crippen LogP contribution in [0.25, 0.3) is 10.8 Å². The molecule has 2 atom stereocenters. The van der Waals surface area contributed by atoms with Crippen LogP contribution in [0.15, 0.2) is 94.8 Å². The Morgan fingerprint density at radius 2 is 1.21 bits per heavy atom. The molecule has 0 bridgehead atoms. The highest BCUT2D eigenvalue weighted by atomic mass is 32.2. The summed E-state index contributed by atoms with van der Waals surface area (Å²) in [5.41, 5.74) is 0.610. The fourth-order valence-electron chi connectivity index (χ4n) is 4.27. The highest BCUT2D eigenvalue weighted by Crippen LogP contribution is 2.44. The molecule has 9 heteroatoms. The van der Waals surface area contributed by atoms with Gasteiger partial charge < -0.3 is 28.4 Å². The van der Waals surface area contributed by atoms with Crippen molar-refractivity contribution in [3.05, 3.63) is 85.0 Å².